The number of amides is 1. The van der Waals surface area contributed by atoms with E-state index in [0.717, 1.165) is 29.7 Å². The van der Waals surface area contributed by atoms with Crippen molar-refractivity contribution in [3.8, 4) is 22.5 Å². The lowest BCUT2D eigenvalue weighted by molar-refractivity contribution is -0.117. The Labute approximate surface area is 166 Å². The van der Waals surface area contributed by atoms with E-state index in [-0.39, 0.29) is 17.6 Å². The second kappa shape index (κ2) is 6.77. The highest BCUT2D eigenvalue weighted by atomic mass is 19.1. The molecule has 1 aromatic carbocycles. The van der Waals surface area contributed by atoms with Crippen LogP contribution in [0.2, 0.25) is 0 Å². The molecule has 6 nitrogen and oxygen atoms in total. The molecule has 1 aliphatic rings. The quantitative estimate of drug-likeness (QED) is 0.568. The average molecular weight is 387 g/mol. The Morgan fingerprint density at radius 3 is 2.79 bits per heavy atom. The number of pyridine rings is 1. The lowest BCUT2D eigenvalue weighted by Crippen LogP contribution is -2.14. The monoisotopic (exact) mass is 387 g/mol. The third-order valence-corrected chi connectivity index (χ3v) is 5.06. The van der Waals surface area contributed by atoms with Crippen LogP contribution in [0.3, 0.4) is 0 Å². The van der Waals surface area contributed by atoms with Crippen molar-refractivity contribution in [3.05, 3.63) is 66.2 Å². The molecule has 0 aliphatic heterocycles. The third-order valence-electron chi connectivity index (χ3n) is 5.06. The molecule has 0 saturated heterocycles. The molecule has 0 spiro atoms. The van der Waals surface area contributed by atoms with Gasteiger partial charge in [-0.2, -0.15) is 5.10 Å². The van der Waals surface area contributed by atoms with Gasteiger partial charge in [0, 0.05) is 29.4 Å². The van der Waals surface area contributed by atoms with E-state index in [0.29, 0.717) is 22.7 Å². The maximum absolute atomic E-state index is 13.8. The number of nitrogens with one attached hydrogen (secondary N) is 1. The fourth-order valence-electron chi connectivity index (χ4n) is 3.36. The fraction of sp³-hybridized carbons (Fsp3) is 0.182. The molecular formula is C22H18FN5O. The number of anilines is 1. The van der Waals surface area contributed by atoms with Crippen LogP contribution < -0.4 is 5.32 Å². The Morgan fingerprint density at radius 1 is 1.14 bits per heavy atom. The predicted octanol–water partition coefficient (Wildman–Crippen LogP) is 4.25. The van der Waals surface area contributed by atoms with Gasteiger partial charge in [-0.3, -0.25) is 4.79 Å². The summed E-state index contributed by atoms with van der Waals surface area (Å²) >= 11 is 0. The zero-order valence-corrected chi connectivity index (χ0v) is 15.8. The van der Waals surface area contributed by atoms with Crippen molar-refractivity contribution in [2.75, 3.05) is 5.32 Å². The first kappa shape index (κ1) is 17.5. The van der Waals surface area contributed by atoms with Crippen LogP contribution in [0.15, 0.2) is 54.9 Å². The molecule has 0 radical (unpaired) electrons. The summed E-state index contributed by atoms with van der Waals surface area (Å²) in [6.07, 6.45) is 5.20. The highest BCUT2D eigenvalue weighted by molar-refractivity contribution is 5.94. The van der Waals surface area contributed by atoms with Gasteiger partial charge in [0.1, 0.15) is 17.3 Å². The summed E-state index contributed by atoms with van der Waals surface area (Å²) in [5, 5.41) is 7.33. The van der Waals surface area contributed by atoms with Crippen LogP contribution in [0.25, 0.3) is 28.2 Å². The fourth-order valence-corrected chi connectivity index (χ4v) is 3.36. The molecule has 4 aromatic rings. The van der Waals surface area contributed by atoms with E-state index in [1.807, 2.05) is 24.3 Å². The van der Waals surface area contributed by atoms with Gasteiger partial charge in [0.2, 0.25) is 5.91 Å². The summed E-state index contributed by atoms with van der Waals surface area (Å²) in [7, 11) is 0. The Kier molecular flexibility index (Phi) is 4.08. The average Bonchev–Trinajstić information content (AvgIpc) is 3.50. The SMILES string of the molecule is Cc1cc(-c2nc3cccnn3c2-c2ccnc(NC(=O)C3CC3)c2)ccc1F. The Morgan fingerprint density at radius 2 is 2.00 bits per heavy atom. The Hall–Kier alpha value is -3.61. The first-order valence-electron chi connectivity index (χ1n) is 9.48. The maximum atomic E-state index is 13.8. The molecule has 0 bridgehead atoms. The molecule has 1 fully saturated rings. The molecule has 5 rings (SSSR count). The van der Waals surface area contributed by atoms with Crippen LogP contribution in [0.5, 0.6) is 0 Å². The van der Waals surface area contributed by atoms with Gasteiger partial charge < -0.3 is 5.32 Å². The highest BCUT2D eigenvalue weighted by Crippen LogP contribution is 2.34. The molecule has 0 atom stereocenters. The summed E-state index contributed by atoms with van der Waals surface area (Å²) < 4.78 is 15.5. The standard InChI is InChI=1S/C22H18FN5O/c1-13-11-15(6-7-17(13)23)20-21(28-19(27-20)3-2-9-25-28)16-8-10-24-18(12-16)26-22(29)14-4-5-14/h2-3,6-12,14H,4-5H2,1H3,(H,24,26,29). The maximum Gasteiger partial charge on any atom is 0.228 e. The van der Waals surface area contributed by atoms with Gasteiger partial charge in [-0.15, -0.1) is 0 Å². The van der Waals surface area contributed by atoms with Gasteiger partial charge in [0.15, 0.2) is 5.65 Å². The van der Waals surface area contributed by atoms with Crippen molar-refractivity contribution < 1.29 is 9.18 Å². The van der Waals surface area contributed by atoms with Crippen LogP contribution >= 0.6 is 0 Å². The molecule has 144 valence electrons. The second-order valence-electron chi connectivity index (χ2n) is 7.26. The Balaban J connectivity index is 1.65. The zero-order valence-electron chi connectivity index (χ0n) is 15.8. The molecule has 3 aromatic heterocycles. The van der Waals surface area contributed by atoms with Crippen LogP contribution in [0.1, 0.15) is 18.4 Å². The number of nitrogens with zero attached hydrogens (tertiary/aromatic N) is 4. The smallest absolute Gasteiger partial charge is 0.228 e. The number of aromatic nitrogens is 4. The number of aryl methyl sites for hydroxylation is 1. The molecular weight excluding hydrogens is 369 g/mol. The van der Waals surface area contributed by atoms with Gasteiger partial charge in [0.05, 0.1) is 5.69 Å². The summed E-state index contributed by atoms with van der Waals surface area (Å²) in [4.78, 5) is 21.1. The number of fused-ring (bicyclic) bond motifs is 1. The molecule has 1 aliphatic carbocycles. The van der Waals surface area contributed by atoms with E-state index in [2.05, 4.69) is 15.4 Å². The first-order chi connectivity index (χ1) is 14.1. The number of carbonyl (C=O) groups excluding carboxylic acids is 1. The van der Waals surface area contributed by atoms with Crippen molar-refractivity contribution in [1.29, 1.82) is 0 Å². The van der Waals surface area contributed by atoms with Crippen molar-refractivity contribution >= 4 is 17.4 Å². The van der Waals surface area contributed by atoms with Gasteiger partial charge in [-0.25, -0.2) is 18.9 Å². The minimum atomic E-state index is -0.258. The lowest BCUT2D eigenvalue weighted by atomic mass is 10.0. The van der Waals surface area contributed by atoms with E-state index in [1.165, 1.54) is 6.07 Å². The summed E-state index contributed by atoms with van der Waals surface area (Å²) in [5.74, 6) is 0.327. The second-order valence-corrected chi connectivity index (χ2v) is 7.26. The van der Waals surface area contributed by atoms with Crippen LogP contribution in [0.4, 0.5) is 10.2 Å². The van der Waals surface area contributed by atoms with Crippen molar-refractivity contribution in [2.45, 2.75) is 19.8 Å². The number of imidazole rings is 1. The van der Waals surface area contributed by atoms with Crippen LogP contribution in [0, 0.1) is 18.7 Å². The number of carbonyl (C=O) groups is 1. The highest BCUT2D eigenvalue weighted by Gasteiger charge is 2.30. The van der Waals surface area contributed by atoms with E-state index in [4.69, 9.17) is 4.98 Å². The normalized spacial score (nSPS) is 13.6. The van der Waals surface area contributed by atoms with Gasteiger partial charge in [-0.1, -0.05) is 0 Å². The zero-order chi connectivity index (χ0) is 20.0. The first-order valence-corrected chi connectivity index (χ1v) is 9.48. The molecule has 29 heavy (non-hydrogen) atoms. The molecule has 0 unspecified atom stereocenters. The summed E-state index contributed by atoms with van der Waals surface area (Å²) in [6.45, 7) is 1.73. The van der Waals surface area contributed by atoms with Gasteiger partial charge in [0.25, 0.3) is 0 Å². The predicted molar refractivity (Wildman–Crippen MR) is 108 cm³/mol. The molecule has 1 saturated carbocycles. The van der Waals surface area contributed by atoms with E-state index in [1.54, 1.807) is 36.0 Å². The van der Waals surface area contributed by atoms with Crippen molar-refractivity contribution in [3.63, 3.8) is 0 Å². The number of hydrogen-bond donors (Lipinski definition) is 1. The van der Waals surface area contributed by atoms with Crippen molar-refractivity contribution in [1.82, 2.24) is 19.6 Å². The third kappa shape index (κ3) is 3.24. The number of halogens is 1. The van der Waals surface area contributed by atoms with Crippen LogP contribution in [-0.2, 0) is 4.79 Å². The number of benzene rings is 1. The molecule has 7 heteroatoms. The van der Waals surface area contributed by atoms with Gasteiger partial charge in [-0.05, 0) is 67.8 Å². The summed E-state index contributed by atoms with van der Waals surface area (Å²) in [6, 6.07) is 12.3. The minimum Gasteiger partial charge on any atom is -0.310 e. The van der Waals surface area contributed by atoms with Crippen molar-refractivity contribution in [2.24, 2.45) is 5.92 Å². The topological polar surface area (TPSA) is 72.2 Å². The summed E-state index contributed by atoms with van der Waals surface area (Å²) in [5.41, 5.74) is 4.29. The molecule has 1 amide bonds. The molecule has 1 N–H and O–H groups in total. The van der Waals surface area contributed by atoms with Gasteiger partial charge >= 0.3 is 0 Å². The van der Waals surface area contributed by atoms with E-state index in [9.17, 15) is 9.18 Å². The minimum absolute atomic E-state index is 0.000278. The Bertz CT molecular complexity index is 1250. The van der Waals surface area contributed by atoms with E-state index >= 15 is 0 Å². The van der Waals surface area contributed by atoms with Crippen LogP contribution in [-0.4, -0.2) is 25.5 Å². The largest absolute Gasteiger partial charge is 0.310 e. The molecule has 3 heterocycles. The number of rotatable bonds is 4. The number of hydrogen-bond acceptors (Lipinski definition) is 4. The van der Waals surface area contributed by atoms with E-state index < -0.39 is 0 Å². The lowest BCUT2D eigenvalue weighted by Gasteiger charge is -2.08.